The summed E-state index contributed by atoms with van der Waals surface area (Å²) in [6.07, 6.45) is 0. The molecule has 40 heavy (non-hydrogen) atoms. The molecule has 9 aromatic rings. The maximum Gasteiger partial charge on any atom is 0.0627 e. The highest BCUT2D eigenvalue weighted by atomic mass is 15.0. The van der Waals surface area contributed by atoms with E-state index in [2.05, 4.69) is 149 Å². The number of H-pyrrole nitrogens is 1. The molecule has 0 saturated heterocycles. The van der Waals surface area contributed by atoms with E-state index in [-0.39, 0.29) is 0 Å². The van der Waals surface area contributed by atoms with Crippen LogP contribution < -0.4 is 0 Å². The van der Waals surface area contributed by atoms with Crippen LogP contribution in [0.2, 0.25) is 0 Å². The number of aromatic amines is 1. The van der Waals surface area contributed by atoms with Gasteiger partial charge in [-0.15, -0.1) is 0 Å². The van der Waals surface area contributed by atoms with Crippen LogP contribution in [0.15, 0.2) is 140 Å². The normalized spacial score (nSPS) is 12.0. The fourth-order valence-corrected chi connectivity index (χ4v) is 6.82. The molecule has 0 radical (unpaired) electrons. The molecule has 0 aliphatic carbocycles. The third kappa shape index (κ3) is 2.88. The van der Waals surface area contributed by atoms with Gasteiger partial charge in [0.25, 0.3) is 0 Å². The summed E-state index contributed by atoms with van der Waals surface area (Å²) in [6, 6.07) is 50.7. The maximum atomic E-state index is 3.76. The van der Waals surface area contributed by atoms with Crippen molar-refractivity contribution in [1.29, 1.82) is 0 Å². The lowest BCUT2D eigenvalue weighted by molar-refractivity contribution is 1.20. The van der Waals surface area contributed by atoms with Crippen molar-refractivity contribution in [2.75, 3.05) is 0 Å². The second kappa shape index (κ2) is 8.08. The van der Waals surface area contributed by atoms with Crippen LogP contribution in [0.4, 0.5) is 0 Å². The van der Waals surface area contributed by atoms with E-state index in [0.29, 0.717) is 0 Å². The second-order valence-corrected chi connectivity index (χ2v) is 10.6. The highest BCUT2D eigenvalue weighted by molar-refractivity contribution is 6.28. The number of fused-ring (bicyclic) bond motifs is 8. The molecule has 0 fully saturated rings. The molecule has 0 saturated carbocycles. The van der Waals surface area contributed by atoms with Crippen molar-refractivity contribution in [3.05, 3.63) is 140 Å². The van der Waals surface area contributed by atoms with Gasteiger partial charge in [0.1, 0.15) is 0 Å². The van der Waals surface area contributed by atoms with E-state index in [4.69, 9.17) is 0 Å². The first kappa shape index (κ1) is 21.6. The lowest BCUT2D eigenvalue weighted by Crippen LogP contribution is -1.97. The van der Waals surface area contributed by atoms with Gasteiger partial charge in [-0.3, -0.25) is 0 Å². The molecule has 0 bridgehead atoms. The van der Waals surface area contributed by atoms with Crippen LogP contribution in [-0.2, 0) is 0 Å². The molecule has 2 heteroatoms. The van der Waals surface area contributed by atoms with Crippen LogP contribution in [0.3, 0.4) is 0 Å². The number of nitrogens with one attached hydrogen (secondary N) is 1. The van der Waals surface area contributed by atoms with E-state index in [9.17, 15) is 0 Å². The Kier molecular flexibility index (Phi) is 4.36. The molecule has 0 amide bonds. The molecule has 0 unspecified atom stereocenters. The highest BCUT2D eigenvalue weighted by Crippen LogP contribution is 2.46. The minimum atomic E-state index is 1.16. The van der Waals surface area contributed by atoms with E-state index in [1.165, 1.54) is 70.9 Å². The zero-order valence-corrected chi connectivity index (χ0v) is 21.7. The lowest BCUT2D eigenvalue weighted by Gasteiger charge is -2.16. The molecule has 9 rings (SSSR count). The fourth-order valence-electron chi connectivity index (χ4n) is 6.82. The zero-order valence-electron chi connectivity index (χ0n) is 21.7. The van der Waals surface area contributed by atoms with Crippen LogP contribution in [0.1, 0.15) is 0 Å². The molecule has 0 aliphatic rings. The summed E-state index contributed by atoms with van der Waals surface area (Å²) in [7, 11) is 0. The standard InChI is InChI=1S/C38H24N2/c1-3-15-26-24(11-1)13-9-19-29(26)37-36-30-18-5-7-20-32(30)39-33(36)23-31-28-17-6-8-21-35(28)40(38(31)37)34-22-10-14-25-12-2-4-16-27(25)34/h1-23,39H. The largest absolute Gasteiger partial charge is 0.354 e. The number of aromatic nitrogens is 2. The van der Waals surface area contributed by atoms with Gasteiger partial charge < -0.3 is 9.55 Å². The Morgan fingerprint density at radius 2 is 1.07 bits per heavy atom. The molecule has 0 atom stereocenters. The SMILES string of the molecule is c1ccc2c(-c3c4c(cc5c6ccccc6n(-c6cccc7ccccc67)c35)[nH]c3ccccc34)cccc2c1. The summed E-state index contributed by atoms with van der Waals surface area (Å²) in [4.78, 5) is 3.76. The van der Waals surface area contributed by atoms with Crippen LogP contribution in [0.25, 0.3) is 82.0 Å². The second-order valence-electron chi connectivity index (χ2n) is 10.6. The van der Waals surface area contributed by atoms with Crippen LogP contribution in [-0.4, -0.2) is 9.55 Å². The molecule has 2 aromatic heterocycles. The smallest absolute Gasteiger partial charge is 0.0627 e. The Balaban J connectivity index is 1.61. The van der Waals surface area contributed by atoms with Gasteiger partial charge in [0, 0.05) is 43.5 Å². The first-order chi connectivity index (χ1) is 19.9. The van der Waals surface area contributed by atoms with E-state index >= 15 is 0 Å². The summed E-state index contributed by atoms with van der Waals surface area (Å²) < 4.78 is 2.51. The van der Waals surface area contributed by atoms with Gasteiger partial charge in [0.15, 0.2) is 0 Å². The first-order valence-electron chi connectivity index (χ1n) is 13.8. The summed E-state index contributed by atoms with van der Waals surface area (Å²) in [5.41, 5.74) is 8.50. The molecule has 7 aromatic carbocycles. The van der Waals surface area contributed by atoms with Gasteiger partial charge in [-0.1, -0.05) is 115 Å². The first-order valence-corrected chi connectivity index (χ1v) is 13.8. The van der Waals surface area contributed by atoms with Crippen molar-refractivity contribution in [2.24, 2.45) is 0 Å². The Hall–Kier alpha value is -5.34. The Labute approximate surface area is 230 Å². The molecule has 1 N–H and O–H groups in total. The molecule has 0 spiro atoms. The molecule has 186 valence electrons. The third-order valence-electron chi connectivity index (χ3n) is 8.49. The van der Waals surface area contributed by atoms with Crippen molar-refractivity contribution >= 4 is 65.2 Å². The summed E-state index contributed by atoms with van der Waals surface area (Å²) in [5.74, 6) is 0. The number of rotatable bonds is 2. The molecule has 0 aliphatic heterocycles. The van der Waals surface area contributed by atoms with Crippen LogP contribution >= 0.6 is 0 Å². The van der Waals surface area contributed by atoms with Gasteiger partial charge in [0.2, 0.25) is 0 Å². The van der Waals surface area contributed by atoms with E-state index < -0.39 is 0 Å². The van der Waals surface area contributed by atoms with Gasteiger partial charge in [-0.2, -0.15) is 0 Å². The number of nitrogens with zero attached hydrogens (tertiary/aromatic N) is 1. The number of para-hydroxylation sites is 2. The number of hydrogen-bond donors (Lipinski definition) is 1. The summed E-state index contributed by atoms with van der Waals surface area (Å²) >= 11 is 0. The van der Waals surface area contributed by atoms with Crippen molar-refractivity contribution in [3.63, 3.8) is 0 Å². The lowest BCUT2D eigenvalue weighted by atomic mass is 9.92. The van der Waals surface area contributed by atoms with E-state index in [1.807, 2.05) is 0 Å². The quantitative estimate of drug-likeness (QED) is 0.240. The highest BCUT2D eigenvalue weighted by Gasteiger charge is 2.23. The summed E-state index contributed by atoms with van der Waals surface area (Å²) in [6.45, 7) is 0. The Morgan fingerprint density at radius 3 is 1.93 bits per heavy atom. The van der Waals surface area contributed by atoms with Crippen molar-refractivity contribution in [1.82, 2.24) is 9.55 Å². The fraction of sp³-hybridized carbons (Fsp3) is 0. The molecule has 2 nitrogen and oxygen atoms in total. The van der Waals surface area contributed by atoms with E-state index in [1.54, 1.807) is 0 Å². The maximum absolute atomic E-state index is 3.76. The number of hydrogen-bond acceptors (Lipinski definition) is 0. The van der Waals surface area contributed by atoms with Crippen LogP contribution in [0, 0.1) is 0 Å². The monoisotopic (exact) mass is 508 g/mol. The predicted octanol–water partition coefficient (Wildman–Crippen LogP) is 10.4. The topological polar surface area (TPSA) is 20.7 Å². The molecular weight excluding hydrogens is 484 g/mol. The van der Waals surface area contributed by atoms with Gasteiger partial charge in [-0.05, 0) is 46.0 Å². The molecule has 2 heterocycles. The van der Waals surface area contributed by atoms with Crippen LogP contribution in [0.5, 0.6) is 0 Å². The Bertz CT molecular complexity index is 2430. The molecular formula is C38H24N2. The van der Waals surface area contributed by atoms with Crippen molar-refractivity contribution < 1.29 is 0 Å². The minimum Gasteiger partial charge on any atom is -0.354 e. The average Bonchev–Trinajstić information content (AvgIpc) is 3.55. The van der Waals surface area contributed by atoms with Crippen molar-refractivity contribution in [3.8, 4) is 16.8 Å². The zero-order chi connectivity index (χ0) is 26.2. The van der Waals surface area contributed by atoms with Gasteiger partial charge >= 0.3 is 0 Å². The third-order valence-corrected chi connectivity index (χ3v) is 8.49. The number of benzene rings is 7. The van der Waals surface area contributed by atoms with Gasteiger partial charge in [0.05, 0.1) is 16.7 Å². The van der Waals surface area contributed by atoms with Gasteiger partial charge in [-0.25, -0.2) is 0 Å². The average molecular weight is 509 g/mol. The predicted molar refractivity (Wildman–Crippen MR) is 171 cm³/mol. The van der Waals surface area contributed by atoms with Crippen molar-refractivity contribution in [2.45, 2.75) is 0 Å². The van der Waals surface area contributed by atoms with E-state index in [0.717, 1.165) is 11.0 Å². The Morgan fingerprint density at radius 1 is 0.450 bits per heavy atom. The minimum absolute atomic E-state index is 1.16. The summed E-state index contributed by atoms with van der Waals surface area (Å²) in [5, 5.41) is 10.0.